The minimum Gasteiger partial charge on any atom is -0.382 e. The molecule has 0 saturated carbocycles. The predicted molar refractivity (Wildman–Crippen MR) is 116 cm³/mol. The number of alkyl halides is 3. The van der Waals surface area contributed by atoms with Gasteiger partial charge in [-0.05, 0) is 48.7 Å². The van der Waals surface area contributed by atoms with Crippen LogP contribution in [0.2, 0.25) is 0 Å². The first-order chi connectivity index (χ1) is 15.7. The fraction of sp³-hybridized carbons (Fsp3) is 0.0909. The molecule has 11 heteroatoms. The highest BCUT2D eigenvalue weighted by Gasteiger charge is 2.35. The Hall–Kier alpha value is -4.15. The zero-order valence-corrected chi connectivity index (χ0v) is 16.9. The second-order valence-corrected chi connectivity index (χ2v) is 7.04. The fourth-order valence-corrected chi connectivity index (χ4v) is 3.45. The number of halogens is 4. The number of aromatic nitrogens is 3. The van der Waals surface area contributed by atoms with Crippen molar-refractivity contribution in [1.29, 1.82) is 0 Å². The fourth-order valence-electron chi connectivity index (χ4n) is 3.45. The zero-order chi connectivity index (χ0) is 23.8. The Morgan fingerprint density at radius 3 is 2.52 bits per heavy atom. The molecule has 2 aromatic carbocycles. The topological polar surface area (TPSA) is 97.3 Å². The van der Waals surface area contributed by atoms with Crippen LogP contribution in [-0.4, -0.2) is 20.6 Å². The summed E-state index contributed by atoms with van der Waals surface area (Å²) >= 11 is 0. The molecule has 0 spiro atoms. The van der Waals surface area contributed by atoms with Crippen molar-refractivity contribution in [3.05, 3.63) is 78.9 Å². The second kappa shape index (κ2) is 8.41. The molecule has 4 aromatic rings. The Morgan fingerprint density at radius 2 is 1.85 bits per heavy atom. The van der Waals surface area contributed by atoms with Crippen LogP contribution in [0.15, 0.2) is 55.0 Å². The summed E-state index contributed by atoms with van der Waals surface area (Å²) in [6, 6.07) is 8.38. The van der Waals surface area contributed by atoms with Gasteiger partial charge in [-0.25, -0.2) is 18.7 Å². The molecule has 7 nitrogen and oxygen atoms in total. The number of nitrogen functional groups attached to an aromatic ring is 1. The minimum absolute atomic E-state index is 0.296. The van der Waals surface area contributed by atoms with Crippen LogP contribution in [0, 0.1) is 12.7 Å². The Balaban J connectivity index is 1.55. The molecule has 4 N–H and O–H groups in total. The Bertz CT molecular complexity index is 1330. The van der Waals surface area contributed by atoms with Crippen molar-refractivity contribution in [1.82, 2.24) is 14.6 Å². The van der Waals surface area contributed by atoms with Crippen molar-refractivity contribution < 1.29 is 22.4 Å². The van der Waals surface area contributed by atoms with Crippen LogP contribution in [0.4, 0.5) is 39.5 Å². The summed E-state index contributed by atoms with van der Waals surface area (Å²) in [6.07, 6.45) is -1.25. The lowest BCUT2D eigenvalue weighted by molar-refractivity contribution is -0.139. The first-order valence-corrected chi connectivity index (χ1v) is 9.63. The van der Waals surface area contributed by atoms with Gasteiger partial charge in [0.05, 0.1) is 11.3 Å². The van der Waals surface area contributed by atoms with Crippen LogP contribution < -0.4 is 16.4 Å². The summed E-state index contributed by atoms with van der Waals surface area (Å²) in [5, 5.41) is 8.71. The van der Waals surface area contributed by atoms with Crippen molar-refractivity contribution in [3.63, 3.8) is 0 Å². The van der Waals surface area contributed by atoms with Crippen LogP contribution in [0.25, 0.3) is 16.6 Å². The molecule has 4 rings (SSSR count). The number of carbonyl (C=O) groups excluding carboxylic acids is 1. The third kappa shape index (κ3) is 4.29. The molecule has 1 radical (unpaired) electrons. The van der Waals surface area contributed by atoms with Gasteiger partial charge in [-0.3, -0.25) is 0 Å². The lowest BCUT2D eigenvalue weighted by Gasteiger charge is -2.13. The summed E-state index contributed by atoms with van der Waals surface area (Å²) in [7, 11) is 0. The van der Waals surface area contributed by atoms with Crippen molar-refractivity contribution in [3.8, 4) is 11.1 Å². The predicted octanol–water partition coefficient (Wildman–Crippen LogP) is 5.16. The van der Waals surface area contributed by atoms with Crippen molar-refractivity contribution in [2.45, 2.75) is 12.6 Å². The maximum absolute atomic E-state index is 14.1. The average molecular weight is 457 g/mol. The molecular weight excluding hydrogens is 440 g/mol. The quantitative estimate of drug-likeness (QED) is 0.369. The average Bonchev–Trinajstić information content (AvgIpc) is 3.15. The Morgan fingerprint density at radius 1 is 1.12 bits per heavy atom. The van der Waals surface area contributed by atoms with E-state index >= 15 is 0 Å². The van der Waals surface area contributed by atoms with Gasteiger partial charge in [0.25, 0.3) is 0 Å². The van der Waals surface area contributed by atoms with Crippen molar-refractivity contribution in [2.75, 3.05) is 16.4 Å². The van der Waals surface area contributed by atoms with Gasteiger partial charge in [0.15, 0.2) is 11.6 Å². The van der Waals surface area contributed by atoms with Gasteiger partial charge in [-0.15, -0.1) is 0 Å². The molecule has 0 fully saturated rings. The summed E-state index contributed by atoms with van der Waals surface area (Å²) in [4.78, 5) is 16.2. The van der Waals surface area contributed by atoms with Crippen LogP contribution in [0.1, 0.15) is 11.1 Å². The normalized spacial score (nSPS) is 11.5. The summed E-state index contributed by atoms with van der Waals surface area (Å²) in [6.45, 7) is 3.92. The van der Waals surface area contributed by atoms with Gasteiger partial charge in [-0.1, -0.05) is 18.2 Å². The van der Waals surface area contributed by atoms with Crippen LogP contribution >= 0.6 is 0 Å². The SMILES string of the molecule is [CH2]Cc1cn2ncnc(N)c2c1-c1ccc(NC(=O)Nc2cccc(C(F)(F)F)c2F)cc1. The number of fused-ring (bicyclic) bond motifs is 1. The molecule has 33 heavy (non-hydrogen) atoms. The minimum atomic E-state index is -4.88. The van der Waals surface area contributed by atoms with Gasteiger partial charge >= 0.3 is 12.2 Å². The highest BCUT2D eigenvalue weighted by atomic mass is 19.4. The van der Waals surface area contributed by atoms with Gasteiger partial charge in [0, 0.05) is 17.4 Å². The number of amides is 2. The van der Waals surface area contributed by atoms with Gasteiger partial charge in [0.2, 0.25) is 0 Å². The summed E-state index contributed by atoms with van der Waals surface area (Å²) in [5.41, 5.74) is 7.39. The van der Waals surface area contributed by atoms with Crippen molar-refractivity contribution in [2.24, 2.45) is 0 Å². The lowest BCUT2D eigenvalue weighted by Crippen LogP contribution is -2.21. The zero-order valence-electron chi connectivity index (χ0n) is 16.9. The van der Waals surface area contributed by atoms with E-state index in [2.05, 4.69) is 27.6 Å². The molecule has 0 unspecified atom stereocenters. The molecule has 0 aliphatic carbocycles. The van der Waals surface area contributed by atoms with Crippen molar-refractivity contribution >= 4 is 28.7 Å². The van der Waals surface area contributed by atoms with Crippen LogP contribution in [0.3, 0.4) is 0 Å². The number of carbonyl (C=O) groups is 1. The van der Waals surface area contributed by atoms with Gasteiger partial charge in [-0.2, -0.15) is 18.3 Å². The van der Waals surface area contributed by atoms with E-state index in [-0.39, 0.29) is 0 Å². The van der Waals surface area contributed by atoms with E-state index < -0.39 is 29.3 Å². The van der Waals surface area contributed by atoms with Crippen LogP contribution in [0.5, 0.6) is 0 Å². The first-order valence-electron chi connectivity index (χ1n) is 9.63. The molecule has 0 saturated heterocycles. The number of nitrogens with one attached hydrogen (secondary N) is 2. The number of hydrogen-bond donors (Lipinski definition) is 3. The van der Waals surface area contributed by atoms with Gasteiger partial charge < -0.3 is 16.4 Å². The number of benzene rings is 2. The lowest BCUT2D eigenvalue weighted by atomic mass is 10.0. The molecule has 2 heterocycles. The largest absolute Gasteiger partial charge is 0.419 e. The molecule has 169 valence electrons. The summed E-state index contributed by atoms with van der Waals surface area (Å²) < 4.78 is 54.3. The third-order valence-electron chi connectivity index (χ3n) is 4.93. The third-order valence-corrected chi connectivity index (χ3v) is 4.93. The van der Waals surface area contributed by atoms with E-state index in [0.29, 0.717) is 29.5 Å². The monoisotopic (exact) mass is 457 g/mol. The molecule has 2 aromatic heterocycles. The first kappa shape index (κ1) is 22.1. The highest BCUT2D eigenvalue weighted by molar-refractivity contribution is 6.00. The molecular formula is C22H17F4N6O. The number of nitrogens with two attached hydrogens (primary N) is 1. The highest BCUT2D eigenvalue weighted by Crippen LogP contribution is 2.35. The number of rotatable bonds is 4. The van der Waals surface area contributed by atoms with E-state index in [1.807, 2.05) is 0 Å². The molecule has 0 aliphatic rings. The van der Waals surface area contributed by atoms with E-state index in [1.54, 1.807) is 35.0 Å². The molecule has 0 bridgehead atoms. The standard InChI is InChI=1S/C22H17F4N6O/c1-2-12-10-32-19(20(27)28-11-29-32)17(12)13-6-8-14(9-7-13)30-21(33)31-16-5-3-4-15(18(16)23)22(24,25)26/h3-11H,1-2H2,(H2,27,28,29)(H2,30,31,33). The Kier molecular flexibility index (Phi) is 5.62. The number of nitrogens with zero attached hydrogens (tertiary/aromatic N) is 3. The van der Waals surface area contributed by atoms with Crippen LogP contribution in [-0.2, 0) is 12.6 Å². The summed E-state index contributed by atoms with van der Waals surface area (Å²) in [5.74, 6) is -1.26. The number of urea groups is 1. The van der Waals surface area contributed by atoms with E-state index in [9.17, 15) is 22.4 Å². The smallest absolute Gasteiger partial charge is 0.382 e. The molecule has 2 amide bonds. The number of hydrogen-bond acceptors (Lipinski definition) is 4. The van der Waals surface area contributed by atoms with E-state index in [0.717, 1.165) is 28.8 Å². The maximum atomic E-state index is 14.1. The molecule has 0 aliphatic heterocycles. The van der Waals surface area contributed by atoms with Gasteiger partial charge in [0.1, 0.15) is 11.8 Å². The number of anilines is 3. The maximum Gasteiger partial charge on any atom is 0.419 e. The van der Waals surface area contributed by atoms with E-state index in [4.69, 9.17) is 5.73 Å². The Labute approximate surface area is 185 Å². The second-order valence-electron chi connectivity index (χ2n) is 7.04. The van der Waals surface area contributed by atoms with E-state index in [1.165, 1.54) is 6.33 Å². The molecule has 0 atom stereocenters.